The molecule has 0 amide bonds. The highest BCUT2D eigenvalue weighted by Gasteiger charge is 2.18. The van der Waals surface area contributed by atoms with E-state index >= 15 is 0 Å². The summed E-state index contributed by atoms with van der Waals surface area (Å²) in [6.45, 7) is 17.5. The van der Waals surface area contributed by atoms with Gasteiger partial charge in [-0.2, -0.15) is 0 Å². The topological polar surface area (TPSA) is 52.6 Å². The molecule has 0 fully saturated rings. The molecule has 3 atom stereocenters. The van der Waals surface area contributed by atoms with Crippen LogP contribution in [-0.4, -0.2) is 30.6 Å². The zero-order chi connectivity index (χ0) is 18.9. The van der Waals surface area contributed by atoms with Gasteiger partial charge in [-0.15, -0.1) is 0 Å². The van der Waals surface area contributed by atoms with Crippen LogP contribution in [0.25, 0.3) is 0 Å². The smallest absolute Gasteiger partial charge is 0.313 e. The van der Waals surface area contributed by atoms with Gasteiger partial charge in [-0.1, -0.05) is 34.6 Å². The van der Waals surface area contributed by atoms with E-state index in [9.17, 15) is 9.59 Å². The highest BCUT2D eigenvalue weighted by Crippen LogP contribution is 2.21. The maximum atomic E-state index is 11.6. The van der Waals surface area contributed by atoms with Gasteiger partial charge < -0.3 is 9.47 Å². The molecule has 0 N–H and O–H groups in total. The van der Waals surface area contributed by atoms with Gasteiger partial charge in [-0.05, 0) is 51.4 Å². The molecule has 24 heavy (non-hydrogen) atoms. The fourth-order valence-electron chi connectivity index (χ4n) is 2.63. The summed E-state index contributed by atoms with van der Waals surface area (Å²) < 4.78 is 11.1. The molecule has 0 bridgehead atoms. The van der Waals surface area contributed by atoms with Gasteiger partial charge in [0.25, 0.3) is 0 Å². The van der Waals surface area contributed by atoms with Crippen LogP contribution in [0.1, 0.15) is 74.7 Å². The van der Waals surface area contributed by atoms with Crippen LogP contribution in [0.3, 0.4) is 0 Å². The van der Waals surface area contributed by atoms with E-state index in [1.807, 2.05) is 0 Å². The zero-order valence-electron chi connectivity index (χ0n) is 17.0. The van der Waals surface area contributed by atoms with Crippen LogP contribution in [0.2, 0.25) is 0 Å². The first-order chi connectivity index (χ1) is 10.9. The quantitative estimate of drug-likeness (QED) is 0.405. The van der Waals surface area contributed by atoms with Crippen LogP contribution in [0.5, 0.6) is 0 Å². The minimum absolute atomic E-state index is 0.0614. The molecule has 0 aliphatic rings. The lowest BCUT2D eigenvalue weighted by Crippen LogP contribution is -2.24. The second kappa shape index (κ2) is 10.9. The predicted molar refractivity (Wildman–Crippen MR) is 97.9 cm³/mol. The third-order valence-corrected chi connectivity index (χ3v) is 3.90. The number of ether oxygens (including phenoxy) is 2. The van der Waals surface area contributed by atoms with E-state index in [0.29, 0.717) is 24.4 Å². The third-order valence-electron chi connectivity index (χ3n) is 3.90. The van der Waals surface area contributed by atoms with Crippen LogP contribution in [0.4, 0.5) is 0 Å². The Hall–Kier alpha value is -0.900. The normalized spacial score (nSPS) is 15.9. The first kappa shape index (κ1) is 23.1. The van der Waals surface area contributed by atoms with Crippen molar-refractivity contribution >= 4 is 11.8 Å². The molecule has 0 aliphatic heterocycles. The minimum Gasteiger partial charge on any atom is -0.465 e. The summed E-state index contributed by atoms with van der Waals surface area (Å²) in [5, 5.41) is 0. The number of ketones is 1. The lowest BCUT2D eigenvalue weighted by Gasteiger charge is -2.25. The number of hydrogen-bond acceptors (Lipinski definition) is 4. The number of Topliss-reactive ketones (excluding diaryl/α,β-unsaturated/α-hetero) is 1. The standard InChI is InChI=1S/C20H38O4/c1-14(2)18(21)11-19(22)23-12-16(4)9-15(3)10-17(5)13-24-20(6,7)8/h14-17H,9-13H2,1-8H3/t15-,16+,17-/m1/s1. The Labute approximate surface area is 148 Å². The van der Waals surface area contributed by atoms with Gasteiger partial charge in [0.2, 0.25) is 0 Å². The van der Waals surface area contributed by atoms with Crippen LogP contribution < -0.4 is 0 Å². The molecule has 0 saturated heterocycles. The molecule has 4 heteroatoms. The van der Waals surface area contributed by atoms with Gasteiger partial charge in [-0.25, -0.2) is 0 Å². The molecule has 4 nitrogen and oxygen atoms in total. The molecule has 0 aliphatic carbocycles. The largest absolute Gasteiger partial charge is 0.465 e. The minimum atomic E-state index is -0.403. The Kier molecular flexibility index (Phi) is 10.5. The number of carbonyl (C=O) groups is 2. The highest BCUT2D eigenvalue weighted by atomic mass is 16.5. The van der Waals surface area contributed by atoms with E-state index in [1.54, 1.807) is 13.8 Å². The van der Waals surface area contributed by atoms with E-state index in [4.69, 9.17) is 9.47 Å². The fraction of sp³-hybridized carbons (Fsp3) is 0.900. The number of esters is 1. The Morgan fingerprint density at radius 1 is 0.833 bits per heavy atom. The van der Waals surface area contributed by atoms with Gasteiger partial charge in [-0.3, -0.25) is 9.59 Å². The van der Waals surface area contributed by atoms with Crippen LogP contribution in [0, 0.1) is 23.7 Å². The molecule has 0 aromatic heterocycles. The molecule has 0 radical (unpaired) electrons. The van der Waals surface area contributed by atoms with Gasteiger partial charge in [0.1, 0.15) is 12.2 Å². The van der Waals surface area contributed by atoms with Gasteiger partial charge in [0.15, 0.2) is 0 Å². The van der Waals surface area contributed by atoms with Crippen molar-refractivity contribution in [3.8, 4) is 0 Å². The molecule has 0 aromatic carbocycles. The summed E-state index contributed by atoms with van der Waals surface area (Å²) in [6, 6.07) is 0. The maximum absolute atomic E-state index is 11.6. The first-order valence-corrected chi connectivity index (χ1v) is 9.23. The molecule has 0 spiro atoms. The van der Waals surface area contributed by atoms with Crippen LogP contribution in [0.15, 0.2) is 0 Å². The van der Waals surface area contributed by atoms with Crippen molar-refractivity contribution in [1.29, 1.82) is 0 Å². The van der Waals surface area contributed by atoms with Crippen molar-refractivity contribution in [3.05, 3.63) is 0 Å². The monoisotopic (exact) mass is 342 g/mol. The lowest BCUT2D eigenvalue weighted by molar-refractivity contribution is -0.147. The third kappa shape index (κ3) is 12.5. The second-order valence-corrected chi connectivity index (χ2v) is 8.69. The number of hydrogen-bond donors (Lipinski definition) is 0. The SMILES string of the molecule is CC(C)C(=O)CC(=O)OC[C@@H](C)C[C@@H](C)C[C@@H](C)COC(C)(C)C. The van der Waals surface area contributed by atoms with Gasteiger partial charge in [0, 0.05) is 12.5 Å². The van der Waals surface area contributed by atoms with Crippen LogP contribution >= 0.6 is 0 Å². The molecule has 0 rings (SSSR count). The highest BCUT2D eigenvalue weighted by molar-refractivity contribution is 5.96. The molecule has 0 aromatic rings. The lowest BCUT2D eigenvalue weighted by atomic mass is 9.90. The predicted octanol–water partition coefficient (Wildman–Crippen LogP) is 4.65. The van der Waals surface area contributed by atoms with Crippen molar-refractivity contribution in [2.75, 3.05) is 13.2 Å². The maximum Gasteiger partial charge on any atom is 0.313 e. The average Bonchev–Trinajstić information content (AvgIpc) is 2.41. The molecule has 0 unspecified atom stereocenters. The number of carbonyl (C=O) groups excluding carboxylic acids is 2. The van der Waals surface area contributed by atoms with E-state index in [1.165, 1.54) is 0 Å². The van der Waals surface area contributed by atoms with Crippen molar-refractivity contribution in [2.24, 2.45) is 23.7 Å². The summed E-state index contributed by atoms with van der Waals surface area (Å²) in [5.41, 5.74) is -0.0909. The Morgan fingerprint density at radius 3 is 1.79 bits per heavy atom. The summed E-state index contributed by atoms with van der Waals surface area (Å²) >= 11 is 0. The van der Waals surface area contributed by atoms with E-state index in [0.717, 1.165) is 19.4 Å². The molecule has 0 heterocycles. The van der Waals surface area contributed by atoms with Crippen molar-refractivity contribution in [2.45, 2.75) is 80.3 Å². The first-order valence-electron chi connectivity index (χ1n) is 9.23. The molecular formula is C20H38O4. The Bertz CT molecular complexity index is 382. The van der Waals surface area contributed by atoms with Crippen LogP contribution in [-0.2, 0) is 19.1 Å². The summed E-state index contributed by atoms with van der Waals surface area (Å²) in [6.07, 6.45) is 1.99. The van der Waals surface area contributed by atoms with Crippen molar-refractivity contribution in [3.63, 3.8) is 0 Å². The molecule has 142 valence electrons. The second-order valence-electron chi connectivity index (χ2n) is 8.69. The fourth-order valence-corrected chi connectivity index (χ4v) is 2.63. The van der Waals surface area contributed by atoms with Crippen molar-refractivity contribution < 1.29 is 19.1 Å². The summed E-state index contributed by atoms with van der Waals surface area (Å²) in [5.74, 6) is 0.779. The van der Waals surface area contributed by atoms with E-state index in [-0.39, 0.29) is 23.7 Å². The summed E-state index contributed by atoms with van der Waals surface area (Å²) in [4.78, 5) is 23.2. The number of rotatable bonds is 11. The van der Waals surface area contributed by atoms with E-state index < -0.39 is 5.97 Å². The molecule has 0 saturated carbocycles. The Balaban J connectivity index is 3.99. The molecular weight excluding hydrogens is 304 g/mol. The summed E-state index contributed by atoms with van der Waals surface area (Å²) in [7, 11) is 0. The van der Waals surface area contributed by atoms with Crippen molar-refractivity contribution in [1.82, 2.24) is 0 Å². The van der Waals surface area contributed by atoms with Gasteiger partial charge in [0.05, 0.1) is 12.2 Å². The van der Waals surface area contributed by atoms with E-state index in [2.05, 4.69) is 41.5 Å². The zero-order valence-corrected chi connectivity index (χ0v) is 17.0. The Morgan fingerprint density at radius 2 is 1.33 bits per heavy atom. The van der Waals surface area contributed by atoms with Gasteiger partial charge >= 0.3 is 5.97 Å². The average molecular weight is 343 g/mol.